The maximum absolute atomic E-state index is 5.68. The first kappa shape index (κ1) is 13.9. The Morgan fingerprint density at radius 3 is 2.62 bits per heavy atom. The molecule has 6 heteroatoms. The molecule has 0 aliphatic heterocycles. The minimum Gasteiger partial charge on any atom is -0.411 e. The zero-order valence-electron chi connectivity index (χ0n) is 12.1. The Morgan fingerprint density at radius 1 is 1.05 bits per heavy atom. The van der Waals surface area contributed by atoms with Crippen LogP contribution in [-0.4, -0.2) is 15.4 Å². The van der Waals surface area contributed by atoms with Crippen LogP contribution in [-0.2, 0) is 5.75 Å². The summed E-state index contributed by atoms with van der Waals surface area (Å²) < 4.78 is 10.7. The molecule has 0 unspecified atom stereocenters. The van der Waals surface area contributed by atoms with E-state index in [9.17, 15) is 0 Å². The van der Waals surface area contributed by atoms with Crippen LogP contribution in [0.1, 0.15) is 22.6 Å². The molecule has 2 heterocycles. The standard InChI is InChI=1S/C15H15N3O2S/c1-9-4-5-12(6-10(9)2)14-16-17-15(19-14)21-8-13-7-11(3)20-18-13/h4-7H,8H2,1-3H3. The SMILES string of the molecule is Cc1cc(CSc2nnc(-c3ccc(C)c(C)c3)o2)no1. The molecular weight excluding hydrogens is 286 g/mol. The summed E-state index contributed by atoms with van der Waals surface area (Å²) in [5.41, 5.74) is 4.26. The van der Waals surface area contributed by atoms with Crippen LogP contribution in [0, 0.1) is 20.8 Å². The molecule has 0 bridgehead atoms. The first-order valence-corrected chi connectivity index (χ1v) is 7.56. The summed E-state index contributed by atoms with van der Waals surface area (Å²) in [6, 6.07) is 8.00. The summed E-state index contributed by atoms with van der Waals surface area (Å²) in [5.74, 6) is 1.98. The molecule has 0 radical (unpaired) electrons. The second kappa shape index (κ2) is 5.73. The maximum Gasteiger partial charge on any atom is 0.277 e. The van der Waals surface area contributed by atoms with Gasteiger partial charge in [0.25, 0.3) is 5.22 Å². The van der Waals surface area contributed by atoms with Crippen molar-refractivity contribution in [2.75, 3.05) is 0 Å². The fourth-order valence-electron chi connectivity index (χ4n) is 1.88. The lowest BCUT2D eigenvalue weighted by atomic mass is 10.1. The van der Waals surface area contributed by atoms with Gasteiger partial charge in [0, 0.05) is 17.4 Å². The molecule has 1 aromatic carbocycles. The fraction of sp³-hybridized carbons (Fsp3) is 0.267. The van der Waals surface area contributed by atoms with E-state index in [1.54, 1.807) is 0 Å². The van der Waals surface area contributed by atoms with Crippen molar-refractivity contribution < 1.29 is 8.94 Å². The van der Waals surface area contributed by atoms with Crippen molar-refractivity contribution in [1.82, 2.24) is 15.4 Å². The van der Waals surface area contributed by atoms with Gasteiger partial charge in [-0.1, -0.05) is 23.0 Å². The molecule has 0 saturated carbocycles. The molecule has 5 nitrogen and oxygen atoms in total. The van der Waals surface area contributed by atoms with E-state index in [1.165, 1.54) is 22.9 Å². The number of rotatable bonds is 4. The highest BCUT2D eigenvalue weighted by Crippen LogP contribution is 2.26. The van der Waals surface area contributed by atoms with Gasteiger partial charge in [-0.25, -0.2) is 0 Å². The molecule has 0 aliphatic rings. The summed E-state index contributed by atoms with van der Waals surface area (Å²) in [7, 11) is 0. The van der Waals surface area contributed by atoms with E-state index in [1.807, 2.05) is 19.1 Å². The Morgan fingerprint density at radius 2 is 1.90 bits per heavy atom. The third-order valence-corrected chi connectivity index (χ3v) is 4.03. The molecular formula is C15H15N3O2S. The first-order valence-electron chi connectivity index (χ1n) is 6.58. The Balaban J connectivity index is 1.72. The minimum atomic E-state index is 0.531. The van der Waals surface area contributed by atoms with Crippen molar-refractivity contribution in [2.24, 2.45) is 0 Å². The van der Waals surface area contributed by atoms with Crippen molar-refractivity contribution in [3.05, 3.63) is 46.8 Å². The van der Waals surface area contributed by atoms with Crippen LogP contribution in [0.3, 0.4) is 0 Å². The molecule has 0 fully saturated rings. The summed E-state index contributed by atoms with van der Waals surface area (Å²) in [6.07, 6.45) is 0. The van der Waals surface area contributed by atoms with Gasteiger partial charge >= 0.3 is 0 Å². The zero-order valence-corrected chi connectivity index (χ0v) is 12.9. The van der Waals surface area contributed by atoms with Crippen LogP contribution >= 0.6 is 11.8 Å². The number of benzene rings is 1. The molecule has 2 aromatic heterocycles. The Bertz CT molecular complexity index is 764. The molecule has 108 valence electrons. The van der Waals surface area contributed by atoms with Crippen molar-refractivity contribution in [2.45, 2.75) is 31.7 Å². The smallest absolute Gasteiger partial charge is 0.277 e. The second-order valence-corrected chi connectivity index (χ2v) is 5.82. The Kier molecular flexibility index (Phi) is 3.79. The van der Waals surface area contributed by atoms with Gasteiger partial charge in [-0.15, -0.1) is 10.2 Å². The molecule has 0 N–H and O–H groups in total. The average molecular weight is 301 g/mol. The van der Waals surface area contributed by atoms with E-state index in [-0.39, 0.29) is 0 Å². The van der Waals surface area contributed by atoms with Crippen molar-refractivity contribution in [3.8, 4) is 11.5 Å². The predicted molar refractivity (Wildman–Crippen MR) is 80.0 cm³/mol. The monoisotopic (exact) mass is 301 g/mol. The minimum absolute atomic E-state index is 0.531. The largest absolute Gasteiger partial charge is 0.411 e. The third-order valence-electron chi connectivity index (χ3n) is 3.18. The molecule has 3 aromatic rings. The lowest BCUT2D eigenvalue weighted by Gasteiger charge is -2.00. The summed E-state index contributed by atoms with van der Waals surface area (Å²) in [6.45, 7) is 6.01. The van der Waals surface area contributed by atoms with Gasteiger partial charge in [-0.3, -0.25) is 0 Å². The van der Waals surface area contributed by atoms with Crippen LogP contribution in [0.15, 0.2) is 38.4 Å². The number of aromatic nitrogens is 3. The normalized spacial score (nSPS) is 11.0. The molecule has 0 atom stereocenters. The molecule has 0 aliphatic carbocycles. The van der Waals surface area contributed by atoms with Crippen LogP contribution in [0.4, 0.5) is 0 Å². The fourth-order valence-corrected chi connectivity index (χ4v) is 2.52. The van der Waals surface area contributed by atoms with Crippen molar-refractivity contribution in [1.29, 1.82) is 0 Å². The summed E-state index contributed by atoms with van der Waals surface area (Å²) in [5, 5.41) is 12.6. The molecule has 21 heavy (non-hydrogen) atoms. The molecule has 3 rings (SSSR count). The number of hydrogen-bond acceptors (Lipinski definition) is 6. The van der Waals surface area contributed by atoms with Crippen molar-refractivity contribution in [3.63, 3.8) is 0 Å². The Labute approximate surface area is 126 Å². The van der Waals surface area contributed by atoms with Crippen LogP contribution in [0.25, 0.3) is 11.5 Å². The van der Waals surface area contributed by atoms with Gasteiger partial charge in [-0.05, 0) is 44.0 Å². The van der Waals surface area contributed by atoms with Gasteiger partial charge in [0.1, 0.15) is 5.76 Å². The lowest BCUT2D eigenvalue weighted by molar-refractivity contribution is 0.392. The second-order valence-electron chi connectivity index (χ2n) is 4.89. The number of aryl methyl sites for hydroxylation is 3. The number of thioether (sulfide) groups is 1. The highest BCUT2D eigenvalue weighted by molar-refractivity contribution is 7.98. The van der Waals surface area contributed by atoms with E-state index >= 15 is 0 Å². The van der Waals surface area contributed by atoms with Gasteiger partial charge in [0.15, 0.2) is 0 Å². The Hall–Kier alpha value is -2.08. The van der Waals surface area contributed by atoms with E-state index in [2.05, 4.69) is 41.3 Å². The number of nitrogens with zero attached hydrogens (tertiary/aromatic N) is 3. The van der Waals surface area contributed by atoms with Gasteiger partial charge in [0.2, 0.25) is 5.89 Å². The molecule has 0 saturated heterocycles. The predicted octanol–water partition coefficient (Wildman–Crippen LogP) is 3.94. The van der Waals surface area contributed by atoms with E-state index < -0.39 is 0 Å². The molecule has 0 amide bonds. The van der Waals surface area contributed by atoms with Crippen LogP contribution < -0.4 is 0 Å². The number of hydrogen-bond donors (Lipinski definition) is 0. The summed E-state index contributed by atoms with van der Waals surface area (Å²) >= 11 is 1.45. The van der Waals surface area contributed by atoms with Gasteiger partial charge < -0.3 is 8.94 Å². The highest BCUT2D eigenvalue weighted by Gasteiger charge is 2.11. The third kappa shape index (κ3) is 3.16. The van der Waals surface area contributed by atoms with Crippen LogP contribution in [0.5, 0.6) is 0 Å². The first-order chi connectivity index (χ1) is 10.1. The van der Waals surface area contributed by atoms with E-state index in [0.29, 0.717) is 16.9 Å². The highest BCUT2D eigenvalue weighted by atomic mass is 32.2. The summed E-state index contributed by atoms with van der Waals surface area (Å²) in [4.78, 5) is 0. The average Bonchev–Trinajstić information content (AvgIpc) is 3.08. The quantitative estimate of drug-likeness (QED) is 0.680. The van der Waals surface area contributed by atoms with E-state index in [0.717, 1.165) is 17.0 Å². The van der Waals surface area contributed by atoms with Gasteiger partial charge in [0.05, 0.1) is 5.69 Å². The van der Waals surface area contributed by atoms with Crippen LogP contribution in [0.2, 0.25) is 0 Å². The maximum atomic E-state index is 5.68. The van der Waals surface area contributed by atoms with Crippen molar-refractivity contribution >= 4 is 11.8 Å². The van der Waals surface area contributed by atoms with E-state index in [4.69, 9.17) is 8.94 Å². The van der Waals surface area contributed by atoms with Gasteiger partial charge in [-0.2, -0.15) is 0 Å². The zero-order chi connectivity index (χ0) is 14.8. The topological polar surface area (TPSA) is 65.0 Å². The lowest BCUT2D eigenvalue weighted by Crippen LogP contribution is -1.83. The molecule has 0 spiro atoms.